The third-order valence-electron chi connectivity index (χ3n) is 9.17. The maximum Gasteiger partial charge on any atom is 0.314 e. The maximum absolute atomic E-state index is 13.4. The minimum atomic E-state index is -1.56. The van der Waals surface area contributed by atoms with E-state index in [1.54, 1.807) is 0 Å². The summed E-state index contributed by atoms with van der Waals surface area (Å²) in [6, 6.07) is 1.45. The van der Waals surface area contributed by atoms with Crippen LogP contribution in [0.5, 0.6) is 5.75 Å². The van der Waals surface area contributed by atoms with Gasteiger partial charge in [0.05, 0.1) is 12.0 Å². The first-order chi connectivity index (χ1) is 17.4. The smallest absolute Gasteiger partial charge is 0.314 e. The predicted octanol–water partition coefficient (Wildman–Crippen LogP) is 8.39. The topological polar surface area (TPSA) is 35.5 Å². The van der Waals surface area contributed by atoms with Gasteiger partial charge in [0.2, 0.25) is 0 Å². The molecule has 0 N–H and O–H groups in total. The molecule has 3 nitrogen and oxygen atoms in total. The highest BCUT2D eigenvalue weighted by Crippen LogP contribution is 2.41. The van der Waals surface area contributed by atoms with E-state index in [9.17, 15) is 18.0 Å². The van der Waals surface area contributed by atoms with Crippen molar-refractivity contribution in [2.75, 3.05) is 6.61 Å². The van der Waals surface area contributed by atoms with Crippen molar-refractivity contribution >= 4 is 5.97 Å². The van der Waals surface area contributed by atoms with Crippen LogP contribution < -0.4 is 4.74 Å². The highest BCUT2D eigenvalue weighted by atomic mass is 19.2. The summed E-state index contributed by atoms with van der Waals surface area (Å²) >= 11 is 0. The summed E-state index contributed by atoms with van der Waals surface area (Å²) in [6.07, 6.45) is 18.0. The van der Waals surface area contributed by atoms with Gasteiger partial charge in [0, 0.05) is 18.7 Å². The van der Waals surface area contributed by atoms with Crippen molar-refractivity contribution in [3.63, 3.8) is 0 Å². The molecule has 1 aromatic carbocycles. The fourth-order valence-corrected chi connectivity index (χ4v) is 6.80. The molecule has 4 rings (SSSR count). The quantitative estimate of drug-likeness (QED) is 0.191. The first-order valence-electron chi connectivity index (χ1n) is 14.4. The van der Waals surface area contributed by atoms with Crippen LogP contribution in [-0.4, -0.2) is 18.7 Å². The lowest BCUT2D eigenvalue weighted by Gasteiger charge is -2.37. The van der Waals surface area contributed by atoms with Crippen LogP contribution >= 0.6 is 0 Å². The Hall–Kier alpha value is -1.56. The van der Waals surface area contributed by atoms with Gasteiger partial charge in [0.15, 0.2) is 17.5 Å². The van der Waals surface area contributed by atoms with Crippen LogP contribution in [0.1, 0.15) is 103 Å². The van der Waals surface area contributed by atoms with Crippen LogP contribution in [0, 0.1) is 47.0 Å². The van der Waals surface area contributed by atoms with Crippen molar-refractivity contribution < 1.29 is 27.4 Å². The molecule has 0 aromatic heterocycles. The Morgan fingerprint density at radius 3 is 1.94 bits per heavy atom. The highest BCUT2D eigenvalue weighted by Gasteiger charge is 2.34. The van der Waals surface area contributed by atoms with Crippen molar-refractivity contribution in [1.82, 2.24) is 0 Å². The number of esters is 1. The maximum atomic E-state index is 13.4. The molecular weight excluding hydrogens is 465 g/mol. The van der Waals surface area contributed by atoms with Gasteiger partial charge in [-0.15, -0.1) is 0 Å². The fraction of sp³-hybridized carbons (Fsp3) is 0.767. The lowest BCUT2D eigenvalue weighted by atomic mass is 9.70. The van der Waals surface area contributed by atoms with Crippen molar-refractivity contribution in [3.05, 3.63) is 29.6 Å². The van der Waals surface area contributed by atoms with Gasteiger partial charge >= 0.3 is 5.97 Å². The molecule has 3 fully saturated rings. The number of hydrogen-bond donors (Lipinski definition) is 0. The number of carbonyl (C=O) groups excluding carboxylic acids is 1. The molecule has 0 radical (unpaired) electrons. The molecule has 0 atom stereocenters. The Bertz CT molecular complexity index is 813. The second-order valence-electron chi connectivity index (χ2n) is 11.6. The van der Waals surface area contributed by atoms with Gasteiger partial charge in [-0.1, -0.05) is 39.0 Å². The normalized spacial score (nSPS) is 31.2. The molecule has 0 amide bonds. The minimum absolute atomic E-state index is 0.269. The summed E-state index contributed by atoms with van der Waals surface area (Å²) in [5.74, 6) is -2.27. The lowest BCUT2D eigenvalue weighted by molar-refractivity contribution is -0.140. The highest BCUT2D eigenvalue weighted by molar-refractivity contribution is 5.75. The van der Waals surface area contributed by atoms with Gasteiger partial charge in [0.25, 0.3) is 0 Å². The van der Waals surface area contributed by atoms with E-state index < -0.39 is 23.4 Å². The number of ether oxygens (including phenoxy) is 2. The summed E-state index contributed by atoms with van der Waals surface area (Å²) < 4.78 is 51.4. The number of carbonyl (C=O) groups is 1. The van der Waals surface area contributed by atoms with E-state index in [0.717, 1.165) is 69.1 Å². The molecule has 3 aliphatic carbocycles. The molecule has 0 spiro atoms. The first-order valence-corrected chi connectivity index (χ1v) is 14.4. The van der Waals surface area contributed by atoms with Crippen LogP contribution in [0.25, 0.3) is 0 Å². The minimum Gasteiger partial charge on any atom is -0.426 e. The van der Waals surface area contributed by atoms with Crippen LogP contribution in [0.3, 0.4) is 0 Å². The van der Waals surface area contributed by atoms with E-state index in [-0.39, 0.29) is 11.7 Å². The molecule has 0 heterocycles. The summed E-state index contributed by atoms with van der Waals surface area (Å²) in [5.41, 5.74) is 0. The SMILES string of the molecule is CCCC[C@H]1CC[C@H](CO[C@H]2CC[C@H]([C@H]3CC[C@H](C(=O)Oc4cc(F)c(F)c(F)c4)CC3)CC2)CC1. The Kier molecular flexibility index (Phi) is 10.1. The third kappa shape index (κ3) is 7.49. The molecule has 0 bridgehead atoms. The summed E-state index contributed by atoms with van der Waals surface area (Å²) in [4.78, 5) is 12.5. The van der Waals surface area contributed by atoms with E-state index in [4.69, 9.17) is 9.47 Å². The number of rotatable bonds is 9. The largest absolute Gasteiger partial charge is 0.426 e. The third-order valence-corrected chi connectivity index (χ3v) is 9.17. The molecule has 0 saturated heterocycles. The standard InChI is InChI=1S/C30H43F3O3/c1-2-3-4-20-5-7-21(8-6-20)19-35-25-15-13-23(14-16-25)22-9-11-24(12-10-22)30(34)36-26-17-27(31)29(33)28(32)18-26/h17-18,20-25H,2-16,19H2,1H3/t20-,21-,22-,23-,24-,25-. The average molecular weight is 509 g/mol. The van der Waals surface area contributed by atoms with Crippen molar-refractivity contribution in [3.8, 4) is 5.75 Å². The number of benzene rings is 1. The van der Waals surface area contributed by atoms with Crippen LogP contribution in [-0.2, 0) is 9.53 Å². The second-order valence-corrected chi connectivity index (χ2v) is 11.6. The van der Waals surface area contributed by atoms with E-state index >= 15 is 0 Å². The van der Waals surface area contributed by atoms with E-state index in [1.807, 2.05) is 0 Å². The number of halogens is 3. The molecular formula is C30H43F3O3. The molecule has 3 aliphatic rings. The van der Waals surface area contributed by atoms with Crippen LogP contribution in [0.4, 0.5) is 13.2 Å². The Morgan fingerprint density at radius 2 is 1.36 bits per heavy atom. The van der Waals surface area contributed by atoms with Crippen molar-refractivity contribution in [1.29, 1.82) is 0 Å². The van der Waals surface area contributed by atoms with E-state index in [1.165, 1.54) is 57.8 Å². The van der Waals surface area contributed by atoms with Gasteiger partial charge in [-0.2, -0.15) is 0 Å². The van der Waals surface area contributed by atoms with Gasteiger partial charge in [0.1, 0.15) is 5.75 Å². The summed E-state index contributed by atoms with van der Waals surface area (Å²) in [5, 5.41) is 0. The van der Waals surface area contributed by atoms with Crippen LogP contribution in [0.2, 0.25) is 0 Å². The summed E-state index contributed by atoms with van der Waals surface area (Å²) in [6.45, 7) is 3.21. The molecule has 6 heteroatoms. The first kappa shape index (κ1) is 27.5. The van der Waals surface area contributed by atoms with E-state index in [0.29, 0.717) is 17.9 Å². The predicted molar refractivity (Wildman–Crippen MR) is 134 cm³/mol. The Balaban J connectivity index is 1.12. The lowest BCUT2D eigenvalue weighted by Crippen LogP contribution is -2.32. The fourth-order valence-electron chi connectivity index (χ4n) is 6.80. The molecule has 1 aromatic rings. The molecule has 3 saturated carbocycles. The van der Waals surface area contributed by atoms with Gasteiger partial charge < -0.3 is 9.47 Å². The molecule has 202 valence electrons. The van der Waals surface area contributed by atoms with E-state index in [2.05, 4.69) is 6.92 Å². The van der Waals surface area contributed by atoms with Crippen LogP contribution in [0.15, 0.2) is 12.1 Å². The number of unbranched alkanes of at least 4 members (excludes halogenated alkanes) is 1. The molecule has 0 unspecified atom stereocenters. The van der Waals surface area contributed by atoms with Crippen molar-refractivity contribution in [2.45, 2.75) is 109 Å². The second kappa shape index (κ2) is 13.3. The monoisotopic (exact) mass is 508 g/mol. The Morgan fingerprint density at radius 1 is 0.806 bits per heavy atom. The molecule has 0 aliphatic heterocycles. The zero-order valence-corrected chi connectivity index (χ0v) is 21.8. The van der Waals surface area contributed by atoms with Gasteiger partial charge in [-0.3, -0.25) is 4.79 Å². The summed E-state index contributed by atoms with van der Waals surface area (Å²) in [7, 11) is 0. The van der Waals surface area contributed by atoms with Gasteiger partial charge in [-0.25, -0.2) is 13.2 Å². The Labute approximate surface area is 214 Å². The zero-order chi connectivity index (χ0) is 25.5. The average Bonchev–Trinajstić information content (AvgIpc) is 2.90. The van der Waals surface area contributed by atoms with Crippen molar-refractivity contribution in [2.24, 2.45) is 29.6 Å². The molecule has 36 heavy (non-hydrogen) atoms. The van der Waals surface area contributed by atoms with Gasteiger partial charge in [-0.05, 0) is 87.9 Å². The number of hydrogen-bond acceptors (Lipinski definition) is 3. The zero-order valence-electron chi connectivity index (χ0n) is 21.8.